The second-order valence-electron chi connectivity index (χ2n) is 4.38. The molecule has 3 nitrogen and oxygen atoms in total. The van der Waals surface area contributed by atoms with Gasteiger partial charge in [-0.15, -0.1) is 0 Å². The van der Waals surface area contributed by atoms with Gasteiger partial charge in [-0.2, -0.15) is 0 Å². The lowest BCUT2D eigenvalue weighted by atomic mass is 10.1. The Bertz CT molecular complexity index is 723. The van der Waals surface area contributed by atoms with Crippen LogP contribution in [0.1, 0.15) is 5.69 Å². The van der Waals surface area contributed by atoms with Gasteiger partial charge < -0.3 is 4.74 Å². The summed E-state index contributed by atoms with van der Waals surface area (Å²) in [6, 6.07) is 15.9. The van der Waals surface area contributed by atoms with Crippen molar-refractivity contribution in [3.63, 3.8) is 0 Å². The van der Waals surface area contributed by atoms with Gasteiger partial charge >= 0.3 is 0 Å². The quantitative estimate of drug-likeness (QED) is 0.696. The van der Waals surface area contributed by atoms with Gasteiger partial charge in [0.2, 0.25) is 0 Å². The van der Waals surface area contributed by atoms with Crippen LogP contribution in [0.15, 0.2) is 48.5 Å². The van der Waals surface area contributed by atoms with Gasteiger partial charge in [-0.25, -0.2) is 9.97 Å². The van der Waals surface area contributed by atoms with Gasteiger partial charge in [-0.05, 0) is 19.1 Å². The number of ether oxygens (including phenoxy) is 1. The molecule has 1 aromatic heterocycles. The third-order valence-electron chi connectivity index (χ3n) is 3.09. The second-order valence-corrected chi connectivity index (χ2v) is 4.38. The molecular formula is C16H14N2O. The van der Waals surface area contributed by atoms with E-state index < -0.39 is 0 Å². The van der Waals surface area contributed by atoms with Gasteiger partial charge in [0.1, 0.15) is 5.75 Å². The first-order chi connectivity index (χ1) is 9.28. The summed E-state index contributed by atoms with van der Waals surface area (Å²) >= 11 is 0. The number of rotatable bonds is 2. The third-order valence-corrected chi connectivity index (χ3v) is 3.09. The van der Waals surface area contributed by atoms with E-state index >= 15 is 0 Å². The molecule has 0 spiro atoms. The summed E-state index contributed by atoms with van der Waals surface area (Å²) in [6.45, 7) is 1.98. The van der Waals surface area contributed by atoms with E-state index in [1.807, 2.05) is 55.5 Å². The van der Waals surface area contributed by atoms with Crippen LogP contribution < -0.4 is 4.74 Å². The Kier molecular flexibility index (Phi) is 2.88. The molecule has 0 fully saturated rings. The average molecular weight is 250 g/mol. The maximum absolute atomic E-state index is 5.21. The zero-order chi connectivity index (χ0) is 13.2. The number of fused-ring (bicyclic) bond motifs is 1. The minimum absolute atomic E-state index is 0.800. The Morgan fingerprint density at radius 3 is 2.42 bits per heavy atom. The smallest absolute Gasteiger partial charge is 0.121 e. The highest BCUT2D eigenvalue weighted by atomic mass is 16.5. The first-order valence-corrected chi connectivity index (χ1v) is 6.16. The molecule has 2 aromatic carbocycles. The first kappa shape index (κ1) is 11.7. The van der Waals surface area contributed by atoms with Crippen LogP contribution in [0.5, 0.6) is 5.75 Å². The van der Waals surface area contributed by atoms with Crippen LogP contribution in [-0.4, -0.2) is 17.1 Å². The fraction of sp³-hybridized carbons (Fsp3) is 0.125. The van der Waals surface area contributed by atoms with Crippen LogP contribution in [0.2, 0.25) is 0 Å². The average Bonchev–Trinajstić information content (AvgIpc) is 2.47. The van der Waals surface area contributed by atoms with Gasteiger partial charge in [0.25, 0.3) is 0 Å². The monoisotopic (exact) mass is 250 g/mol. The zero-order valence-electron chi connectivity index (χ0n) is 10.9. The Labute approximate surface area is 111 Å². The van der Waals surface area contributed by atoms with Crippen LogP contribution in [0, 0.1) is 6.92 Å². The molecule has 0 radical (unpaired) electrons. The number of nitrogens with zero attached hydrogens (tertiary/aromatic N) is 2. The highest BCUT2D eigenvalue weighted by Gasteiger charge is 2.07. The molecule has 0 aliphatic heterocycles. The van der Waals surface area contributed by atoms with Crippen molar-refractivity contribution in [1.82, 2.24) is 9.97 Å². The summed E-state index contributed by atoms with van der Waals surface area (Å²) in [5.41, 5.74) is 4.68. The molecule has 0 N–H and O–H groups in total. The lowest BCUT2D eigenvalue weighted by Gasteiger charge is -2.07. The lowest BCUT2D eigenvalue weighted by Crippen LogP contribution is -1.94. The zero-order valence-corrected chi connectivity index (χ0v) is 10.9. The minimum Gasteiger partial charge on any atom is -0.497 e. The van der Waals surface area contributed by atoms with E-state index in [9.17, 15) is 0 Å². The normalized spacial score (nSPS) is 10.6. The van der Waals surface area contributed by atoms with Crippen molar-refractivity contribution in [1.29, 1.82) is 0 Å². The summed E-state index contributed by atoms with van der Waals surface area (Å²) < 4.78 is 5.21. The largest absolute Gasteiger partial charge is 0.497 e. The maximum atomic E-state index is 5.21. The molecule has 0 saturated carbocycles. The summed E-state index contributed by atoms with van der Waals surface area (Å²) in [5.74, 6) is 0.800. The molecule has 3 aromatic rings. The van der Waals surface area contributed by atoms with Crippen molar-refractivity contribution >= 4 is 11.0 Å². The summed E-state index contributed by atoms with van der Waals surface area (Å²) in [4.78, 5) is 9.32. The predicted molar refractivity (Wildman–Crippen MR) is 76.3 cm³/mol. The maximum Gasteiger partial charge on any atom is 0.121 e. The molecule has 94 valence electrons. The molecule has 19 heavy (non-hydrogen) atoms. The number of aryl methyl sites for hydroxylation is 1. The molecular weight excluding hydrogens is 236 g/mol. The van der Waals surface area contributed by atoms with Crippen molar-refractivity contribution in [3.05, 3.63) is 54.2 Å². The Balaban J connectivity index is 2.20. The number of hydrogen-bond donors (Lipinski definition) is 0. The fourth-order valence-corrected chi connectivity index (χ4v) is 2.12. The van der Waals surface area contributed by atoms with Crippen LogP contribution in [0.4, 0.5) is 0 Å². The molecule has 0 saturated heterocycles. The third kappa shape index (κ3) is 2.15. The topological polar surface area (TPSA) is 35.0 Å². The van der Waals surface area contributed by atoms with Crippen LogP contribution in [0.3, 0.4) is 0 Å². The molecule has 0 amide bonds. The standard InChI is InChI=1S/C16H14N2O/c1-11-16(12-6-4-3-5-7-12)18-14-9-8-13(19-2)10-15(14)17-11/h3-10H,1-2H3. The van der Waals surface area contributed by atoms with Gasteiger partial charge in [0.05, 0.1) is 29.5 Å². The highest BCUT2D eigenvalue weighted by Crippen LogP contribution is 2.24. The van der Waals surface area contributed by atoms with E-state index in [1.165, 1.54) is 0 Å². The summed E-state index contributed by atoms with van der Waals surface area (Å²) in [7, 11) is 1.65. The van der Waals surface area contributed by atoms with E-state index in [4.69, 9.17) is 9.72 Å². The Hall–Kier alpha value is -2.42. The summed E-state index contributed by atoms with van der Waals surface area (Å²) in [6.07, 6.45) is 0. The fourth-order valence-electron chi connectivity index (χ4n) is 2.12. The highest BCUT2D eigenvalue weighted by molar-refractivity contribution is 5.79. The minimum atomic E-state index is 0.800. The van der Waals surface area contributed by atoms with Crippen molar-refractivity contribution in [2.75, 3.05) is 7.11 Å². The molecule has 0 aliphatic rings. The van der Waals surface area contributed by atoms with Crippen LogP contribution in [-0.2, 0) is 0 Å². The molecule has 1 heterocycles. The van der Waals surface area contributed by atoms with Crippen LogP contribution in [0.25, 0.3) is 22.3 Å². The van der Waals surface area contributed by atoms with E-state index in [1.54, 1.807) is 7.11 Å². The number of aromatic nitrogens is 2. The molecule has 3 rings (SSSR count). The molecule has 0 aliphatic carbocycles. The van der Waals surface area contributed by atoms with Gasteiger partial charge in [0.15, 0.2) is 0 Å². The van der Waals surface area contributed by atoms with Crippen molar-refractivity contribution in [2.45, 2.75) is 6.92 Å². The number of methoxy groups -OCH3 is 1. The van der Waals surface area contributed by atoms with Crippen LogP contribution >= 0.6 is 0 Å². The van der Waals surface area contributed by atoms with E-state index in [-0.39, 0.29) is 0 Å². The van der Waals surface area contributed by atoms with Gasteiger partial charge in [-0.3, -0.25) is 0 Å². The Morgan fingerprint density at radius 1 is 0.895 bits per heavy atom. The van der Waals surface area contributed by atoms with Gasteiger partial charge in [-0.1, -0.05) is 30.3 Å². The van der Waals surface area contributed by atoms with E-state index in [0.29, 0.717) is 0 Å². The van der Waals surface area contributed by atoms with Gasteiger partial charge in [0, 0.05) is 11.6 Å². The second kappa shape index (κ2) is 4.69. The van der Waals surface area contributed by atoms with Crippen molar-refractivity contribution in [2.24, 2.45) is 0 Å². The van der Waals surface area contributed by atoms with E-state index in [2.05, 4.69) is 4.98 Å². The SMILES string of the molecule is COc1ccc2nc(-c3ccccc3)c(C)nc2c1. The molecule has 3 heteroatoms. The lowest BCUT2D eigenvalue weighted by molar-refractivity contribution is 0.415. The summed E-state index contributed by atoms with van der Waals surface area (Å²) in [5, 5.41) is 0. The molecule has 0 unspecified atom stereocenters. The van der Waals surface area contributed by atoms with Crippen molar-refractivity contribution < 1.29 is 4.74 Å². The Morgan fingerprint density at radius 2 is 1.68 bits per heavy atom. The predicted octanol–water partition coefficient (Wildman–Crippen LogP) is 3.61. The molecule has 0 bridgehead atoms. The van der Waals surface area contributed by atoms with Crippen molar-refractivity contribution in [3.8, 4) is 17.0 Å². The first-order valence-electron chi connectivity index (χ1n) is 6.16. The number of hydrogen-bond acceptors (Lipinski definition) is 3. The van der Waals surface area contributed by atoms with E-state index in [0.717, 1.165) is 33.7 Å². The molecule has 0 atom stereocenters. The number of benzene rings is 2.